The Morgan fingerprint density at radius 2 is 1.95 bits per heavy atom. The van der Waals surface area contributed by atoms with E-state index < -0.39 is 27.0 Å². The first-order valence-corrected chi connectivity index (χ1v) is 9.01. The van der Waals surface area contributed by atoms with E-state index in [1.54, 1.807) is 0 Å². The van der Waals surface area contributed by atoms with Gasteiger partial charge in [0, 0.05) is 0 Å². The fourth-order valence-corrected chi connectivity index (χ4v) is 4.92. The first-order valence-electron chi connectivity index (χ1n) is 7.30. The van der Waals surface area contributed by atoms with E-state index in [0.717, 1.165) is 6.42 Å². The van der Waals surface area contributed by atoms with Gasteiger partial charge >= 0.3 is 5.97 Å². The second kappa shape index (κ2) is 6.78. The molecule has 6 heteroatoms. The fourth-order valence-electron chi connectivity index (χ4n) is 2.94. The molecule has 1 aliphatic rings. The highest BCUT2D eigenvalue weighted by atomic mass is 32.2. The van der Waals surface area contributed by atoms with E-state index in [2.05, 4.69) is 31.6 Å². The van der Waals surface area contributed by atoms with Gasteiger partial charge in [-0.25, -0.2) is 8.42 Å². The van der Waals surface area contributed by atoms with Crippen molar-refractivity contribution in [2.45, 2.75) is 51.7 Å². The number of rotatable bonds is 4. The van der Waals surface area contributed by atoms with Crippen molar-refractivity contribution in [1.82, 2.24) is 0 Å². The zero-order valence-electron chi connectivity index (χ0n) is 13.3. The summed E-state index contributed by atoms with van der Waals surface area (Å²) in [5, 5.41) is 8.57. The Labute approximate surface area is 127 Å². The van der Waals surface area contributed by atoms with Gasteiger partial charge in [-0.3, -0.25) is 4.79 Å². The summed E-state index contributed by atoms with van der Waals surface area (Å²) in [4.78, 5) is 11.2. The number of methoxy groups -OCH3 is 1. The van der Waals surface area contributed by atoms with E-state index in [9.17, 15) is 18.5 Å². The molecule has 0 N–H and O–H groups in total. The minimum absolute atomic E-state index is 0.0244. The third kappa shape index (κ3) is 4.70. The fraction of sp³-hybridized carbons (Fsp3) is 0.867. The number of hydrogen-bond acceptors (Lipinski definition) is 5. The molecule has 0 amide bonds. The summed E-state index contributed by atoms with van der Waals surface area (Å²) in [5.74, 6) is -0.958. The quantitative estimate of drug-likeness (QED) is 0.743. The highest BCUT2D eigenvalue weighted by Gasteiger charge is 2.42. The SMILES string of the molecule is COC(=O)CCS(=O)(=O)C1CC(C(C)(C)C)CCC1C#N. The Hall–Kier alpha value is -1.09. The van der Waals surface area contributed by atoms with Crippen LogP contribution in [0.3, 0.4) is 0 Å². The highest BCUT2D eigenvalue weighted by Crippen LogP contribution is 2.42. The van der Waals surface area contributed by atoms with Crippen molar-refractivity contribution in [1.29, 1.82) is 5.26 Å². The van der Waals surface area contributed by atoms with Crippen molar-refractivity contribution in [3.63, 3.8) is 0 Å². The first-order chi connectivity index (χ1) is 9.61. The minimum atomic E-state index is -3.47. The minimum Gasteiger partial charge on any atom is -0.469 e. The van der Waals surface area contributed by atoms with Crippen LogP contribution in [0.4, 0.5) is 0 Å². The summed E-state index contributed by atoms with van der Waals surface area (Å²) in [6.07, 6.45) is 1.85. The average molecular weight is 315 g/mol. The average Bonchev–Trinajstić information content (AvgIpc) is 2.43. The van der Waals surface area contributed by atoms with Gasteiger partial charge in [0.25, 0.3) is 0 Å². The van der Waals surface area contributed by atoms with Crippen molar-refractivity contribution >= 4 is 15.8 Å². The number of sulfone groups is 1. The van der Waals surface area contributed by atoms with Crippen molar-refractivity contribution in [3.05, 3.63) is 0 Å². The van der Waals surface area contributed by atoms with Crippen molar-refractivity contribution in [2.75, 3.05) is 12.9 Å². The maximum Gasteiger partial charge on any atom is 0.306 e. The van der Waals surface area contributed by atoms with Gasteiger partial charge in [0.2, 0.25) is 0 Å². The van der Waals surface area contributed by atoms with Gasteiger partial charge in [-0.2, -0.15) is 5.26 Å². The van der Waals surface area contributed by atoms with E-state index in [4.69, 9.17) is 0 Å². The van der Waals surface area contributed by atoms with E-state index >= 15 is 0 Å². The zero-order valence-corrected chi connectivity index (χ0v) is 14.1. The van der Waals surface area contributed by atoms with E-state index in [0.29, 0.717) is 12.8 Å². The largest absolute Gasteiger partial charge is 0.469 e. The third-order valence-corrected chi connectivity index (χ3v) is 6.68. The van der Waals surface area contributed by atoms with Gasteiger partial charge in [0.05, 0.1) is 36.5 Å². The first kappa shape index (κ1) is 18.0. The molecule has 3 unspecified atom stereocenters. The topological polar surface area (TPSA) is 84.2 Å². The molecule has 0 aromatic heterocycles. The molecule has 0 aromatic rings. The lowest BCUT2D eigenvalue weighted by Crippen LogP contribution is -2.40. The number of nitriles is 1. The summed E-state index contributed by atoms with van der Waals surface area (Å²) < 4.78 is 29.5. The lowest BCUT2D eigenvalue weighted by molar-refractivity contribution is -0.140. The Balaban J connectivity index is 2.89. The molecule has 0 spiro atoms. The van der Waals surface area contributed by atoms with Crippen LogP contribution in [0.15, 0.2) is 0 Å². The van der Waals surface area contributed by atoms with Crippen LogP contribution in [0.25, 0.3) is 0 Å². The van der Waals surface area contributed by atoms with Gasteiger partial charge in [0.15, 0.2) is 9.84 Å². The number of carbonyl (C=O) groups excluding carboxylic acids is 1. The van der Waals surface area contributed by atoms with E-state index in [1.165, 1.54) is 7.11 Å². The third-order valence-electron chi connectivity index (χ3n) is 4.46. The van der Waals surface area contributed by atoms with Gasteiger partial charge < -0.3 is 4.74 Å². The van der Waals surface area contributed by atoms with Crippen molar-refractivity contribution in [2.24, 2.45) is 17.3 Å². The molecule has 1 saturated carbocycles. The highest BCUT2D eigenvalue weighted by molar-refractivity contribution is 7.92. The molecular formula is C15H25NO4S. The van der Waals surface area contributed by atoms with Crippen molar-refractivity contribution in [3.8, 4) is 6.07 Å². The summed E-state index contributed by atoms with van der Waals surface area (Å²) in [5.41, 5.74) is 0.0244. The normalized spacial score (nSPS) is 26.9. The van der Waals surface area contributed by atoms with Crippen LogP contribution in [0, 0.1) is 28.6 Å². The number of hydrogen-bond donors (Lipinski definition) is 0. The molecule has 5 nitrogen and oxygen atoms in total. The molecule has 0 aromatic carbocycles. The Morgan fingerprint density at radius 3 is 2.43 bits per heavy atom. The van der Waals surface area contributed by atoms with Crippen LogP contribution in [0.1, 0.15) is 46.5 Å². The number of nitrogens with zero attached hydrogens (tertiary/aromatic N) is 1. The smallest absolute Gasteiger partial charge is 0.306 e. The molecular weight excluding hydrogens is 290 g/mol. The van der Waals surface area contributed by atoms with Gasteiger partial charge in [-0.15, -0.1) is 0 Å². The molecule has 0 aliphatic heterocycles. The summed E-state index contributed by atoms with van der Waals surface area (Å²) in [6, 6.07) is 2.14. The summed E-state index contributed by atoms with van der Waals surface area (Å²) in [6.45, 7) is 6.30. The Bertz CT molecular complexity index is 513. The van der Waals surface area contributed by atoms with Gasteiger partial charge in [0.1, 0.15) is 0 Å². The van der Waals surface area contributed by atoms with Crippen LogP contribution in [-0.2, 0) is 19.4 Å². The Kier molecular flexibility index (Phi) is 5.80. The zero-order chi connectivity index (χ0) is 16.3. The van der Waals surface area contributed by atoms with Crippen LogP contribution < -0.4 is 0 Å². The second-order valence-electron chi connectivity index (χ2n) is 6.84. The maximum atomic E-state index is 12.5. The second-order valence-corrected chi connectivity index (χ2v) is 9.18. The van der Waals surface area contributed by atoms with Crippen LogP contribution in [0.5, 0.6) is 0 Å². The Morgan fingerprint density at radius 1 is 1.33 bits per heavy atom. The molecule has 1 aliphatic carbocycles. The molecule has 1 fully saturated rings. The van der Waals surface area contributed by atoms with Crippen molar-refractivity contribution < 1.29 is 17.9 Å². The molecule has 3 atom stereocenters. The molecule has 0 radical (unpaired) electrons. The van der Waals surface area contributed by atoms with Crippen LogP contribution in [0.2, 0.25) is 0 Å². The molecule has 120 valence electrons. The lowest BCUT2D eigenvalue weighted by atomic mass is 9.70. The van der Waals surface area contributed by atoms with Gasteiger partial charge in [-0.1, -0.05) is 20.8 Å². The number of ether oxygens (including phenoxy) is 1. The van der Waals surface area contributed by atoms with Crippen LogP contribution >= 0.6 is 0 Å². The molecule has 0 bridgehead atoms. The molecule has 21 heavy (non-hydrogen) atoms. The summed E-state index contributed by atoms with van der Waals surface area (Å²) in [7, 11) is -2.23. The molecule has 0 saturated heterocycles. The summed E-state index contributed by atoms with van der Waals surface area (Å²) >= 11 is 0. The number of esters is 1. The lowest BCUT2D eigenvalue weighted by Gasteiger charge is -2.39. The molecule has 1 rings (SSSR count). The van der Waals surface area contributed by atoms with Crippen LogP contribution in [-0.4, -0.2) is 32.5 Å². The monoisotopic (exact) mass is 315 g/mol. The molecule has 0 heterocycles. The standard InChI is InChI=1S/C15H25NO4S/c1-15(2,3)12-6-5-11(10-16)13(9-12)21(18,19)8-7-14(17)20-4/h11-13H,5-9H2,1-4H3. The maximum absolute atomic E-state index is 12.5. The van der Waals surface area contributed by atoms with Gasteiger partial charge in [-0.05, 0) is 30.6 Å². The van der Waals surface area contributed by atoms with E-state index in [1.807, 2.05) is 0 Å². The number of carbonyl (C=O) groups is 1. The predicted molar refractivity (Wildman–Crippen MR) is 80.1 cm³/mol. The van der Waals surface area contributed by atoms with E-state index in [-0.39, 0.29) is 23.5 Å². The predicted octanol–water partition coefficient (Wildman–Crippen LogP) is 2.32.